The average molecular weight is 209 g/mol. The molecular weight excluding hydrogens is 186 g/mol. The number of hydrogen-bond acceptors (Lipinski definition) is 3. The smallest absolute Gasteiger partial charge is 0.0866 e. The van der Waals surface area contributed by atoms with E-state index in [-0.39, 0.29) is 0 Å². The van der Waals surface area contributed by atoms with Crippen LogP contribution >= 0.6 is 0 Å². The van der Waals surface area contributed by atoms with Gasteiger partial charge in [-0.15, -0.1) is 0 Å². The van der Waals surface area contributed by atoms with E-state index in [1.54, 1.807) is 0 Å². The lowest BCUT2D eigenvalue weighted by molar-refractivity contribution is 0.189. The molecule has 0 aromatic carbocycles. The van der Waals surface area contributed by atoms with Crippen LogP contribution in [0.4, 0.5) is 0 Å². The molecule has 0 radical (unpaired) electrons. The molecule has 0 bridgehead atoms. The summed E-state index contributed by atoms with van der Waals surface area (Å²) in [5.74, 6) is 1.47. The van der Waals surface area contributed by atoms with Gasteiger partial charge in [0, 0.05) is 6.54 Å². The number of rotatable bonds is 5. The van der Waals surface area contributed by atoms with E-state index in [4.69, 9.17) is 5.26 Å². The molecule has 3 nitrogen and oxygen atoms in total. The Morgan fingerprint density at radius 1 is 1.53 bits per heavy atom. The van der Waals surface area contributed by atoms with Gasteiger partial charge in [-0.1, -0.05) is 13.8 Å². The molecule has 0 aliphatic carbocycles. The molecule has 15 heavy (non-hydrogen) atoms. The molecule has 0 aromatic rings. The lowest BCUT2D eigenvalue weighted by atomic mass is 9.98. The van der Waals surface area contributed by atoms with E-state index in [0.717, 1.165) is 38.0 Å². The molecule has 1 heterocycles. The van der Waals surface area contributed by atoms with Gasteiger partial charge >= 0.3 is 0 Å². The Morgan fingerprint density at radius 2 is 2.33 bits per heavy atom. The highest BCUT2D eigenvalue weighted by Gasteiger charge is 2.18. The van der Waals surface area contributed by atoms with Gasteiger partial charge in [0.15, 0.2) is 0 Å². The standard InChI is InChI=1S/C12H23N3/c1-11(2)8-14-9-12-4-3-6-15(10-12)7-5-13/h11-12,14H,3-4,6-10H2,1-2H3. The first-order chi connectivity index (χ1) is 7.22. The van der Waals surface area contributed by atoms with Gasteiger partial charge in [-0.2, -0.15) is 5.26 Å². The first-order valence-electron chi connectivity index (χ1n) is 6.02. The van der Waals surface area contributed by atoms with E-state index in [1.807, 2.05) is 0 Å². The summed E-state index contributed by atoms with van der Waals surface area (Å²) in [7, 11) is 0. The maximum Gasteiger partial charge on any atom is 0.0866 e. The van der Waals surface area contributed by atoms with Crippen LogP contribution in [0.15, 0.2) is 0 Å². The first-order valence-corrected chi connectivity index (χ1v) is 6.02. The zero-order chi connectivity index (χ0) is 11.1. The van der Waals surface area contributed by atoms with Crippen molar-refractivity contribution >= 4 is 0 Å². The zero-order valence-electron chi connectivity index (χ0n) is 10.00. The van der Waals surface area contributed by atoms with Crippen LogP contribution in [0.2, 0.25) is 0 Å². The number of likely N-dealkylation sites (tertiary alicyclic amines) is 1. The quantitative estimate of drug-likeness (QED) is 0.697. The van der Waals surface area contributed by atoms with Crippen LogP contribution < -0.4 is 5.32 Å². The summed E-state index contributed by atoms with van der Waals surface area (Å²) >= 11 is 0. The molecule has 86 valence electrons. The van der Waals surface area contributed by atoms with Crippen LogP contribution in [0.3, 0.4) is 0 Å². The van der Waals surface area contributed by atoms with Crippen LogP contribution in [0.5, 0.6) is 0 Å². The molecule has 1 atom stereocenters. The topological polar surface area (TPSA) is 39.1 Å². The molecule has 1 N–H and O–H groups in total. The normalized spacial score (nSPS) is 22.9. The predicted molar refractivity (Wildman–Crippen MR) is 62.5 cm³/mol. The van der Waals surface area contributed by atoms with Crippen LogP contribution in [-0.4, -0.2) is 37.6 Å². The van der Waals surface area contributed by atoms with Crippen molar-refractivity contribution in [2.24, 2.45) is 11.8 Å². The van der Waals surface area contributed by atoms with Crippen LogP contribution in [0.1, 0.15) is 26.7 Å². The fourth-order valence-corrected chi connectivity index (χ4v) is 2.14. The van der Waals surface area contributed by atoms with Crippen molar-refractivity contribution in [2.45, 2.75) is 26.7 Å². The fourth-order valence-electron chi connectivity index (χ4n) is 2.14. The second kappa shape index (κ2) is 6.81. The SMILES string of the molecule is CC(C)CNCC1CCCN(CC#N)C1. The van der Waals surface area contributed by atoms with Gasteiger partial charge in [0.1, 0.15) is 0 Å². The maximum absolute atomic E-state index is 8.65. The van der Waals surface area contributed by atoms with Crippen molar-refractivity contribution < 1.29 is 0 Å². The molecule has 1 aliphatic rings. The van der Waals surface area contributed by atoms with Gasteiger partial charge in [-0.3, -0.25) is 4.90 Å². The minimum Gasteiger partial charge on any atom is -0.316 e. The lowest BCUT2D eigenvalue weighted by Crippen LogP contribution is -2.40. The van der Waals surface area contributed by atoms with Gasteiger partial charge in [0.2, 0.25) is 0 Å². The molecule has 1 fully saturated rings. The van der Waals surface area contributed by atoms with Crippen molar-refractivity contribution in [3.63, 3.8) is 0 Å². The molecule has 0 aromatic heterocycles. The Bertz CT molecular complexity index is 207. The highest BCUT2D eigenvalue weighted by molar-refractivity contribution is 4.82. The Kier molecular flexibility index (Phi) is 5.67. The summed E-state index contributed by atoms with van der Waals surface area (Å²) in [6, 6.07) is 2.24. The van der Waals surface area contributed by atoms with E-state index in [9.17, 15) is 0 Å². The number of nitriles is 1. The van der Waals surface area contributed by atoms with Crippen molar-refractivity contribution in [2.75, 3.05) is 32.7 Å². The largest absolute Gasteiger partial charge is 0.316 e. The third-order valence-corrected chi connectivity index (χ3v) is 2.88. The number of hydrogen-bond donors (Lipinski definition) is 1. The van der Waals surface area contributed by atoms with E-state index in [1.165, 1.54) is 12.8 Å². The average Bonchev–Trinajstić information content (AvgIpc) is 2.18. The van der Waals surface area contributed by atoms with Gasteiger partial charge in [0.25, 0.3) is 0 Å². The Morgan fingerprint density at radius 3 is 3.00 bits per heavy atom. The van der Waals surface area contributed by atoms with Gasteiger partial charge in [-0.25, -0.2) is 0 Å². The highest BCUT2D eigenvalue weighted by Crippen LogP contribution is 2.15. The summed E-state index contributed by atoms with van der Waals surface area (Å²) in [6.45, 7) is 9.48. The van der Waals surface area contributed by atoms with E-state index >= 15 is 0 Å². The highest BCUT2D eigenvalue weighted by atomic mass is 15.1. The fraction of sp³-hybridized carbons (Fsp3) is 0.917. The number of nitrogens with zero attached hydrogens (tertiary/aromatic N) is 2. The van der Waals surface area contributed by atoms with Crippen LogP contribution in [0, 0.1) is 23.2 Å². The summed E-state index contributed by atoms with van der Waals surface area (Å²) in [6.07, 6.45) is 2.56. The van der Waals surface area contributed by atoms with Crippen LogP contribution in [0.25, 0.3) is 0 Å². The molecule has 0 spiro atoms. The molecule has 3 heteroatoms. The molecule has 0 saturated carbocycles. The number of nitrogens with one attached hydrogen (secondary N) is 1. The van der Waals surface area contributed by atoms with Gasteiger partial charge in [-0.05, 0) is 44.3 Å². The van der Waals surface area contributed by atoms with Crippen molar-refractivity contribution in [3.8, 4) is 6.07 Å². The Balaban J connectivity index is 2.16. The van der Waals surface area contributed by atoms with Gasteiger partial charge in [0.05, 0.1) is 12.6 Å². The van der Waals surface area contributed by atoms with E-state index in [2.05, 4.69) is 30.1 Å². The van der Waals surface area contributed by atoms with Crippen molar-refractivity contribution in [1.82, 2.24) is 10.2 Å². The first kappa shape index (κ1) is 12.5. The molecule has 1 rings (SSSR count). The molecule has 1 saturated heterocycles. The minimum atomic E-state index is 0.598. The van der Waals surface area contributed by atoms with E-state index in [0.29, 0.717) is 6.54 Å². The molecule has 1 unspecified atom stereocenters. The second-order valence-electron chi connectivity index (χ2n) is 4.95. The van der Waals surface area contributed by atoms with Crippen molar-refractivity contribution in [3.05, 3.63) is 0 Å². The van der Waals surface area contributed by atoms with Crippen LogP contribution in [-0.2, 0) is 0 Å². The zero-order valence-corrected chi connectivity index (χ0v) is 10.00. The third-order valence-electron chi connectivity index (χ3n) is 2.88. The molecule has 0 amide bonds. The Hall–Kier alpha value is -0.590. The number of piperidine rings is 1. The minimum absolute atomic E-state index is 0.598. The summed E-state index contributed by atoms with van der Waals surface area (Å²) < 4.78 is 0. The van der Waals surface area contributed by atoms with Gasteiger partial charge < -0.3 is 5.32 Å². The Labute approximate surface area is 93.5 Å². The second-order valence-corrected chi connectivity index (χ2v) is 4.95. The van der Waals surface area contributed by atoms with Crippen molar-refractivity contribution in [1.29, 1.82) is 5.26 Å². The lowest BCUT2D eigenvalue weighted by Gasteiger charge is -2.31. The molecule has 1 aliphatic heterocycles. The summed E-state index contributed by atoms with van der Waals surface area (Å²) in [5, 5.41) is 12.2. The maximum atomic E-state index is 8.65. The summed E-state index contributed by atoms with van der Waals surface area (Å²) in [4.78, 5) is 2.27. The molecular formula is C12H23N3. The van der Waals surface area contributed by atoms with E-state index < -0.39 is 0 Å². The summed E-state index contributed by atoms with van der Waals surface area (Å²) in [5.41, 5.74) is 0. The monoisotopic (exact) mass is 209 g/mol. The third kappa shape index (κ3) is 5.15. The predicted octanol–water partition coefficient (Wildman–Crippen LogP) is 1.47.